The molecule has 0 fully saturated rings. The molecular weight excluding hydrogens is 164 g/mol. The van der Waals surface area contributed by atoms with Gasteiger partial charge in [0.1, 0.15) is 12.7 Å². The molecule has 66 valence electrons. The predicted octanol–water partition coefficient (Wildman–Crippen LogP) is 0.916. The van der Waals surface area contributed by atoms with Gasteiger partial charge >= 0.3 is 0 Å². The van der Waals surface area contributed by atoms with Gasteiger partial charge in [0.2, 0.25) is 0 Å². The van der Waals surface area contributed by atoms with Crippen LogP contribution in [0.25, 0.3) is 0 Å². The molecule has 0 atom stereocenters. The second kappa shape index (κ2) is 3.80. The zero-order valence-corrected chi connectivity index (χ0v) is 7.17. The minimum atomic E-state index is 0.865. The lowest BCUT2D eigenvalue weighted by Gasteiger charge is -1.99. The summed E-state index contributed by atoms with van der Waals surface area (Å²) in [5.74, 6) is 0. The molecule has 0 amide bonds. The molecule has 4 nitrogen and oxygen atoms in total. The minimum absolute atomic E-state index is 0.865. The first-order valence-corrected chi connectivity index (χ1v) is 4.16. The summed E-state index contributed by atoms with van der Waals surface area (Å²) in [4.78, 5) is 7.83. The Hall–Kier alpha value is -1.71. The summed E-state index contributed by atoms with van der Waals surface area (Å²) in [5, 5.41) is 4.02. The predicted molar refractivity (Wildman–Crippen MR) is 48.0 cm³/mol. The summed E-state index contributed by atoms with van der Waals surface area (Å²) < 4.78 is 1.82. The van der Waals surface area contributed by atoms with Crippen molar-refractivity contribution >= 4 is 0 Å². The fourth-order valence-corrected chi connectivity index (χ4v) is 1.14. The van der Waals surface area contributed by atoms with E-state index in [1.54, 1.807) is 25.0 Å². The van der Waals surface area contributed by atoms with E-state index in [9.17, 15) is 0 Å². The van der Waals surface area contributed by atoms with Gasteiger partial charge in [0, 0.05) is 18.9 Å². The van der Waals surface area contributed by atoms with E-state index in [1.165, 1.54) is 5.56 Å². The highest BCUT2D eigenvalue weighted by molar-refractivity contribution is 5.09. The summed E-state index contributed by atoms with van der Waals surface area (Å²) in [5.41, 5.74) is 1.27. The summed E-state index contributed by atoms with van der Waals surface area (Å²) in [6.07, 6.45) is 7.84. The van der Waals surface area contributed by atoms with E-state index < -0.39 is 0 Å². The molecule has 2 rings (SSSR count). The number of rotatable bonds is 3. The molecule has 0 aliphatic rings. The standard InChI is InChI=1S/C9H10N4/c1-4-10-5-2-9(1)3-6-13-8-11-7-12-13/h1-2,4-5,7-8H,3,6H2. The van der Waals surface area contributed by atoms with Crippen molar-refractivity contribution in [1.82, 2.24) is 19.7 Å². The summed E-state index contributed by atoms with van der Waals surface area (Å²) >= 11 is 0. The normalized spacial score (nSPS) is 10.2. The van der Waals surface area contributed by atoms with E-state index in [1.807, 2.05) is 16.8 Å². The van der Waals surface area contributed by atoms with Crippen molar-refractivity contribution in [2.24, 2.45) is 0 Å². The summed E-state index contributed by atoms with van der Waals surface area (Å²) in [6, 6.07) is 4.02. The average molecular weight is 174 g/mol. The van der Waals surface area contributed by atoms with Crippen LogP contribution >= 0.6 is 0 Å². The molecule has 0 spiro atoms. The van der Waals surface area contributed by atoms with Crippen LogP contribution in [0.4, 0.5) is 0 Å². The Bertz CT molecular complexity index is 341. The molecule has 0 aliphatic carbocycles. The van der Waals surface area contributed by atoms with Gasteiger partial charge in [-0.05, 0) is 24.1 Å². The Kier molecular flexibility index (Phi) is 2.31. The van der Waals surface area contributed by atoms with Gasteiger partial charge in [-0.15, -0.1) is 0 Å². The van der Waals surface area contributed by atoms with E-state index in [2.05, 4.69) is 15.1 Å². The maximum absolute atomic E-state index is 4.02. The maximum Gasteiger partial charge on any atom is 0.137 e. The van der Waals surface area contributed by atoms with Crippen LogP contribution in [-0.4, -0.2) is 19.7 Å². The number of pyridine rings is 1. The van der Waals surface area contributed by atoms with E-state index in [4.69, 9.17) is 0 Å². The first kappa shape index (κ1) is 7.91. The van der Waals surface area contributed by atoms with Crippen molar-refractivity contribution in [3.8, 4) is 0 Å². The molecular formula is C9H10N4. The molecule has 0 aliphatic heterocycles. The molecule has 0 saturated carbocycles. The SMILES string of the molecule is c1cc(CCn2cncn2)ccn1. The van der Waals surface area contributed by atoms with Crippen LogP contribution in [-0.2, 0) is 13.0 Å². The number of nitrogens with zero attached hydrogens (tertiary/aromatic N) is 4. The zero-order valence-electron chi connectivity index (χ0n) is 7.17. The minimum Gasteiger partial charge on any atom is -0.265 e. The van der Waals surface area contributed by atoms with Crippen molar-refractivity contribution in [2.75, 3.05) is 0 Å². The molecule has 2 aromatic heterocycles. The fourth-order valence-electron chi connectivity index (χ4n) is 1.14. The third-order valence-corrected chi connectivity index (χ3v) is 1.85. The van der Waals surface area contributed by atoms with Crippen LogP contribution in [0, 0.1) is 0 Å². The topological polar surface area (TPSA) is 43.6 Å². The highest BCUT2D eigenvalue weighted by Gasteiger charge is 1.93. The Balaban J connectivity index is 1.94. The van der Waals surface area contributed by atoms with Gasteiger partial charge in [-0.3, -0.25) is 9.67 Å². The Morgan fingerprint density at radius 3 is 2.69 bits per heavy atom. The second-order valence-electron chi connectivity index (χ2n) is 2.76. The number of aromatic nitrogens is 4. The van der Waals surface area contributed by atoms with Crippen LogP contribution in [0.1, 0.15) is 5.56 Å². The van der Waals surface area contributed by atoms with Gasteiger partial charge in [0.25, 0.3) is 0 Å². The zero-order chi connectivity index (χ0) is 8.93. The van der Waals surface area contributed by atoms with Crippen LogP contribution in [0.2, 0.25) is 0 Å². The molecule has 4 heteroatoms. The summed E-state index contributed by atoms with van der Waals surface area (Å²) in [6.45, 7) is 0.865. The number of hydrogen-bond acceptors (Lipinski definition) is 3. The van der Waals surface area contributed by atoms with E-state index >= 15 is 0 Å². The smallest absolute Gasteiger partial charge is 0.137 e. The Labute approximate surface area is 76.3 Å². The van der Waals surface area contributed by atoms with E-state index in [0.717, 1.165) is 13.0 Å². The molecule has 0 N–H and O–H groups in total. The lowest BCUT2D eigenvalue weighted by Crippen LogP contribution is -2.01. The lowest BCUT2D eigenvalue weighted by atomic mass is 10.2. The van der Waals surface area contributed by atoms with Gasteiger partial charge in [0.15, 0.2) is 0 Å². The van der Waals surface area contributed by atoms with Gasteiger partial charge < -0.3 is 0 Å². The number of hydrogen-bond donors (Lipinski definition) is 0. The average Bonchev–Trinajstić information content (AvgIpc) is 2.69. The van der Waals surface area contributed by atoms with Gasteiger partial charge in [-0.25, -0.2) is 4.98 Å². The van der Waals surface area contributed by atoms with Crippen molar-refractivity contribution in [1.29, 1.82) is 0 Å². The largest absolute Gasteiger partial charge is 0.265 e. The van der Waals surface area contributed by atoms with Crippen LogP contribution in [0.5, 0.6) is 0 Å². The van der Waals surface area contributed by atoms with Gasteiger partial charge in [0.05, 0.1) is 0 Å². The lowest BCUT2D eigenvalue weighted by molar-refractivity contribution is 0.613. The maximum atomic E-state index is 4.02. The van der Waals surface area contributed by atoms with Crippen molar-refractivity contribution < 1.29 is 0 Å². The molecule has 0 radical (unpaired) electrons. The highest BCUT2D eigenvalue weighted by Crippen LogP contribution is 1.98. The van der Waals surface area contributed by atoms with Gasteiger partial charge in [-0.1, -0.05) is 0 Å². The third kappa shape index (κ3) is 2.11. The van der Waals surface area contributed by atoms with Gasteiger partial charge in [-0.2, -0.15) is 5.10 Å². The first-order chi connectivity index (χ1) is 6.45. The molecule has 13 heavy (non-hydrogen) atoms. The monoisotopic (exact) mass is 174 g/mol. The molecule has 2 heterocycles. The van der Waals surface area contributed by atoms with E-state index in [-0.39, 0.29) is 0 Å². The van der Waals surface area contributed by atoms with Crippen LogP contribution in [0.3, 0.4) is 0 Å². The fraction of sp³-hybridized carbons (Fsp3) is 0.222. The van der Waals surface area contributed by atoms with Crippen molar-refractivity contribution in [2.45, 2.75) is 13.0 Å². The van der Waals surface area contributed by atoms with Crippen LogP contribution < -0.4 is 0 Å². The molecule has 0 bridgehead atoms. The third-order valence-electron chi connectivity index (χ3n) is 1.85. The molecule has 0 saturated heterocycles. The first-order valence-electron chi connectivity index (χ1n) is 4.16. The van der Waals surface area contributed by atoms with Crippen LogP contribution in [0.15, 0.2) is 37.2 Å². The highest BCUT2D eigenvalue weighted by atomic mass is 15.3. The molecule has 0 aromatic carbocycles. The Morgan fingerprint density at radius 1 is 1.15 bits per heavy atom. The molecule has 2 aromatic rings. The van der Waals surface area contributed by atoms with E-state index in [0.29, 0.717) is 0 Å². The van der Waals surface area contributed by atoms with Crippen molar-refractivity contribution in [3.05, 3.63) is 42.7 Å². The quantitative estimate of drug-likeness (QED) is 0.694. The number of aryl methyl sites for hydroxylation is 2. The molecule has 0 unspecified atom stereocenters. The second-order valence-corrected chi connectivity index (χ2v) is 2.76. The van der Waals surface area contributed by atoms with Crippen molar-refractivity contribution in [3.63, 3.8) is 0 Å². The Morgan fingerprint density at radius 2 is 2.00 bits per heavy atom. The summed E-state index contributed by atoms with van der Waals surface area (Å²) in [7, 11) is 0.